The molecule has 4 heteroatoms. The van der Waals surface area contributed by atoms with E-state index in [1.165, 1.54) is 0 Å². The molecule has 0 radical (unpaired) electrons. The van der Waals surface area contributed by atoms with Gasteiger partial charge in [0, 0.05) is 0 Å². The summed E-state index contributed by atoms with van der Waals surface area (Å²) in [5.74, 6) is 0.660. The van der Waals surface area contributed by atoms with Gasteiger partial charge < -0.3 is 4.74 Å². The van der Waals surface area contributed by atoms with Crippen LogP contribution in [0.1, 0.15) is 6.92 Å². The Balaban J connectivity index is 2.97. The molecule has 68 valence electrons. The van der Waals surface area contributed by atoms with Gasteiger partial charge in [-0.1, -0.05) is 11.6 Å². The minimum atomic E-state index is 0.536. The van der Waals surface area contributed by atoms with Crippen molar-refractivity contribution in [3.05, 3.63) is 23.2 Å². The van der Waals surface area contributed by atoms with Crippen LogP contribution in [0.2, 0.25) is 5.02 Å². The fourth-order valence-corrected chi connectivity index (χ4v) is 1.22. The molecular weight excluding hydrogens is 206 g/mol. The molecule has 0 heterocycles. The number of isothiocyanates is 1. The van der Waals surface area contributed by atoms with Crippen molar-refractivity contribution >= 4 is 34.7 Å². The van der Waals surface area contributed by atoms with Crippen LogP contribution in [0, 0.1) is 0 Å². The highest BCUT2D eigenvalue weighted by Crippen LogP contribution is 2.28. The average Bonchev–Trinajstić information content (AvgIpc) is 2.10. The largest absolute Gasteiger partial charge is 0.492 e. The highest BCUT2D eigenvalue weighted by atomic mass is 35.5. The minimum absolute atomic E-state index is 0.536. The molecule has 0 unspecified atom stereocenters. The van der Waals surface area contributed by atoms with Gasteiger partial charge in [0.2, 0.25) is 0 Å². The molecule has 0 saturated heterocycles. The Bertz CT molecular complexity index is 347. The quantitative estimate of drug-likeness (QED) is 0.567. The highest BCUT2D eigenvalue weighted by Gasteiger charge is 2.00. The van der Waals surface area contributed by atoms with E-state index in [4.69, 9.17) is 16.3 Å². The van der Waals surface area contributed by atoms with Crippen molar-refractivity contribution in [1.29, 1.82) is 0 Å². The van der Waals surface area contributed by atoms with E-state index >= 15 is 0 Å². The van der Waals surface area contributed by atoms with Gasteiger partial charge in [-0.3, -0.25) is 0 Å². The third-order valence-corrected chi connectivity index (χ3v) is 1.78. The number of aliphatic imine (C=N–C) groups is 1. The maximum atomic E-state index is 5.90. The molecule has 1 aromatic rings. The van der Waals surface area contributed by atoms with E-state index in [1.54, 1.807) is 18.2 Å². The second kappa shape index (κ2) is 4.97. The molecule has 0 aliphatic rings. The van der Waals surface area contributed by atoms with Crippen LogP contribution in [0.15, 0.2) is 23.2 Å². The average molecular weight is 214 g/mol. The molecule has 0 N–H and O–H groups in total. The lowest BCUT2D eigenvalue weighted by molar-refractivity contribution is 0.340. The second-order valence-corrected chi connectivity index (χ2v) is 2.84. The zero-order valence-electron chi connectivity index (χ0n) is 7.08. The van der Waals surface area contributed by atoms with Crippen LogP contribution in [0.4, 0.5) is 5.69 Å². The number of thiocarbonyl (C=S) groups is 1. The van der Waals surface area contributed by atoms with Gasteiger partial charge >= 0.3 is 0 Å². The van der Waals surface area contributed by atoms with Crippen molar-refractivity contribution in [2.45, 2.75) is 6.92 Å². The van der Waals surface area contributed by atoms with Crippen molar-refractivity contribution < 1.29 is 4.74 Å². The third kappa shape index (κ3) is 2.81. The Kier molecular flexibility index (Phi) is 3.90. The first kappa shape index (κ1) is 10.2. The molecular formula is C9H8ClNOS. The normalized spacial score (nSPS) is 9.08. The van der Waals surface area contributed by atoms with Crippen LogP contribution < -0.4 is 4.74 Å². The Morgan fingerprint density at radius 1 is 1.62 bits per heavy atom. The Morgan fingerprint density at radius 2 is 2.38 bits per heavy atom. The number of halogens is 1. The van der Waals surface area contributed by atoms with Gasteiger partial charge in [-0.05, 0) is 37.3 Å². The molecule has 1 rings (SSSR count). The number of hydrogen-bond donors (Lipinski definition) is 0. The zero-order valence-corrected chi connectivity index (χ0v) is 8.65. The summed E-state index contributed by atoms with van der Waals surface area (Å²) in [6.07, 6.45) is 0. The zero-order chi connectivity index (χ0) is 9.68. The Hall–Kier alpha value is -0.890. The Morgan fingerprint density at radius 3 is 2.92 bits per heavy atom. The predicted molar refractivity (Wildman–Crippen MR) is 57.3 cm³/mol. The molecule has 2 nitrogen and oxygen atoms in total. The molecule has 1 aromatic carbocycles. The summed E-state index contributed by atoms with van der Waals surface area (Å²) in [5, 5.41) is 2.81. The lowest BCUT2D eigenvalue weighted by Gasteiger charge is -2.04. The first-order valence-corrected chi connectivity index (χ1v) is 4.56. The van der Waals surface area contributed by atoms with Crippen LogP contribution in [-0.4, -0.2) is 11.8 Å². The fraction of sp³-hybridized carbons (Fsp3) is 0.222. The molecule has 0 fully saturated rings. The maximum Gasteiger partial charge on any atom is 0.138 e. The summed E-state index contributed by atoms with van der Waals surface area (Å²) in [5.41, 5.74) is 0.684. The molecule has 0 atom stereocenters. The van der Waals surface area contributed by atoms with E-state index in [2.05, 4.69) is 22.4 Å². The molecule has 0 aliphatic heterocycles. The lowest BCUT2D eigenvalue weighted by Crippen LogP contribution is -1.91. The molecule has 0 bridgehead atoms. The summed E-state index contributed by atoms with van der Waals surface area (Å²) in [7, 11) is 0. The molecule has 13 heavy (non-hydrogen) atoms. The summed E-state index contributed by atoms with van der Waals surface area (Å²) in [6.45, 7) is 2.49. The Labute approximate surface area is 87.2 Å². The van der Waals surface area contributed by atoms with Crippen molar-refractivity contribution in [3.8, 4) is 5.75 Å². The highest BCUT2D eigenvalue weighted by molar-refractivity contribution is 7.78. The first-order chi connectivity index (χ1) is 6.27. The monoisotopic (exact) mass is 213 g/mol. The molecule has 0 amide bonds. The van der Waals surface area contributed by atoms with E-state index < -0.39 is 0 Å². The smallest absolute Gasteiger partial charge is 0.138 e. The SMILES string of the molecule is CCOc1ccc(N=C=S)cc1Cl. The minimum Gasteiger partial charge on any atom is -0.492 e. The molecule has 0 aliphatic carbocycles. The van der Waals surface area contributed by atoms with Gasteiger partial charge in [0.15, 0.2) is 0 Å². The van der Waals surface area contributed by atoms with Crippen LogP contribution in [0.25, 0.3) is 0 Å². The van der Waals surface area contributed by atoms with Crippen LogP contribution in [-0.2, 0) is 0 Å². The van der Waals surface area contributed by atoms with Crippen molar-refractivity contribution in [2.24, 2.45) is 4.99 Å². The van der Waals surface area contributed by atoms with Crippen molar-refractivity contribution in [1.82, 2.24) is 0 Å². The van der Waals surface area contributed by atoms with E-state index in [1.807, 2.05) is 6.92 Å². The number of hydrogen-bond acceptors (Lipinski definition) is 3. The van der Waals surface area contributed by atoms with E-state index in [0.717, 1.165) is 0 Å². The van der Waals surface area contributed by atoms with Crippen molar-refractivity contribution in [2.75, 3.05) is 6.61 Å². The number of nitrogens with zero attached hydrogens (tertiary/aromatic N) is 1. The van der Waals surface area contributed by atoms with Gasteiger partial charge in [-0.2, -0.15) is 4.99 Å². The molecule has 0 aromatic heterocycles. The van der Waals surface area contributed by atoms with Crippen LogP contribution in [0.5, 0.6) is 5.75 Å². The second-order valence-electron chi connectivity index (χ2n) is 2.25. The number of ether oxygens (including phenoxy) is 1. The number of rotatable bonds is 3. The van der Waals surface area contributed by atoms with Crippen LogP contribution in [0.3, 0.4) is 0 Å². The van der Waals surface area contributed by atoms with Gasteiger partial charge in [-0.25, -0.2) is 0 Å². The van der Waals surface area contributed by atoms with Gasteiger partial charge in [-0.15, -0.1) is 0 Å². The van der Waals surface area contributed by atoms with E-state index in [0.29, 0.717) is 23.1 Å². The summed E-state index contributed by atoms with van der Waals surface area (Å²) < 4.78 is 5.25. The third-order valence-electron chi connectivity index (χ3n) is 1.39. The molecule has 0 saturated carbocycles. The molecule has 0 spiro atoms. The number of benzene rings is 1. The van der Waals surface area contributed by atoms with E-state index in [9.17, 15) is 0 Å². The van der Waals surface area contributed by atoms with E-state index in [-0.39, 0.29) is 0 Å². The summed E-state index contributed by atoms with van der Waals surface area (Å²) in [4.78, 5) is 3.79. The first-order valence-electron chi connectivity index (χ1n) is 3.78. The lowest BCUT2D eigenvalue weighted by atomic mass is 10.3. The maximum absolute atomic E-state index is 5.90. The summed E-state index contributed by atoms with van der Waals surface area (Å²) >= 11 is 10.4. The van der Waals surface area contributed by atoms with Gasteiger partial charge in [0.25, 0.3) is 0 Å². The predicted octanol–water partition coefficient (Wildman–Crippen LogP) is 3.47. The van der Waals surface area contributed by atoms with Crippen LogP contribution >= 0.6 is 23.8 Å². The van der Waals surface area contributed by atoms with Crippen molar-refractivity contribution in [3.63, 3.8) is 0 Å². The topological polar surface area (TPSA) is 21.6 Å². The fourth-order valence-electron chi connectivity index (χ4n) is 0.885. The van der Waals surface area contributed by atoms with Gasteiger partial charge in [0.05, 0.1) is 22.5 Å². The van der Waals surface area contributed by atoms with Gasteiger partial charge in [0.1, 0.15) is 5.75 Å². The standard InChI is InChI=1S/C9H8ClNOS/c1-2-12-9-4-3-7(11-6-13)5-8(9)10/h3-5H,2H2,1H3. The summed E-state index contributed by atoms with van der Waals surface area (Å²) in [6, 6.07) is 5.22.